The molecule has 0 fully saturated rings. The van der Waals surface area contributed by atoms with Gasteiger partial charge < -0.3 is 20.3 Å². The molecule has 3 N–H and O–H groups in total. The number of aliphatic hydroxyl groups excluding tert-OH is 2. The van der Waals surface area contributed by atoms with Gasteiger partial charge in [0, 0.05) is 6.42 Å². The molecule has 60 heavy (non-hydrogen) atoms. The molecule has 0 spiro atoms. The Morgan fingerprint density at radius 3 is 1.55 bits per heavy atom. The molecule has 0 aliphatic heterocycles. The zero-order valence-corrected chi connectivity index (χ0v) is 39.3. The van der Waals surface area contributed by atoms with E-state index in [1.54, 1.807) is 0 Å². The van der Waals surface area contributed by atoms with Crippen LogP contribution in [0.4, 0.5) is 0 Å². The van der Waals surface area contributed by atoms with Crippen LogP contribution in [0.5, 0.6) is 0 Å². The third-order valence-electron chi connectivity index (χ3n) is 11.1. The van der Waals surface area contributed by atoms with Gasteiger partial charge in [-0.1, -0.05) is 222 Å². The molecule has 0 aromatic rings. The molecule has 346 valence electrons. The second kappa shape index (κ2) is 47.4. The Labute approximate surface area is 371 Å². The van der Waals surface area contributed by atoms with Crippen LogP contribution in [-0.2, 0) is 14.3 Å². The lowest BCUT2D eigenvalue weighted by Crippen LogP contribution is -2.46. The maximum absolute atomic E-state index is 13.2. The van der Waals surface area contributed by atoms with Crippen molar-refractivity contribution in [2.75, 3.05) is 6.61 Å². The standard InChI is InChI=1S/C54H95NO5/c1-4-7-10-13-16-19-22-25-26-27-29-31-34-37-40-43-46-52(57)51(49-56)55-53(58)48-50(45-42-39-36-33-30-24-21-18-15-12-9-6-3)60-54(59)47-44-41-38-35-32-28-23-20-17-14-11-8-5-2/h8-9,11-12,14,17-18,20-21,23,28,32,50-52,56-57H,4-7,10,13,15-16,19,22,24-27,29-31,33-49H2,1-3H3,(H,55,58)/b11-8+,12-9+,17-14+,21-18+,23-20-,32-28-. The maximum atomic E-state index is 13.2. The van der Waals surface area contributed by atoms with Gasteiger partial charge in [-0.2, -0.15) is 0 Å². The van der Waals surface area contributed by atoms with E-state index in [0.29, 0.717) is 19.3 Å². The smallest absolute Gasteiger partial charge is 0.306 e. The number of carbonyl (C=O) groups is 2. The van der Waals surface area contributed by atoms with E-state index < -0.39 is 18.2 Å². The number of rotatable bonds is 44. The molecule has 6 nitrogen and oxygen atoms in total. The number of unbranched alkanes of at least 4 members (excludes halogenated alkanes) is 23. The summed E-state index contributed by atoms with van der Waals surface area (Å²) in [5.74, 6) is -0.537. The average molecular weight is 838 g/mol. The minimum Gasteiger partial charge on any atom is -0.462 e. The molecular formula is C54H95NO5. The van der Waals surface area contributed by atoms with Gasteiger partial charge in [-0.05, 0) is 70.6 Å². The summed E-state index contributed by atoms with van der Waals surface area (Å²) in [5.41, 5.74) is 0. The van der Waals surface area contributed by atoms with Crippen molar-refractivity contribution in [2.45, 2.75) is 251 Å². The maximum Gasteiger partial charge on any atom is 0.306 e. The molecule has 0 aliphatic rings. The SMILES string of the molecule is CC/C=C/C=C/C=C\C=C/CCCCCC(=O)OC(CCCCCCC/C=C/C/C=C/CC)CC(=O)NC(CO)C(O)CCCCCCCCCCCCCCCCCC. The first-order valence-corrected chi connectivity index (χ1v) is 25.2. The average Bonchev–Trinajstić information content (AvgIpc) is 3.24. The van der Waals surface area contributed by atoms with Gasteiger partial charge in [0.25, 0.3) is 0 Å². The predicted molar refractivity (Wildman–Crippen MR) is 259 cm³/mol. The molecule has 0 aromatic heterocycles. The van der Waals surface area contributed by atoms with Crippen LogP contribution >= 0.6 is 0 Å². The molecule has 0 aliphatic carbocycles. The Balaban J connectivity index is 4.59. The molecule has 0 saturated carbocycles. The summed E-state index contributed by atoms with van der Waals surface area (Å²) in [6, 6.07) is -0.717. The third kappa shape index (κ3) is 42.0. The molecule has 3 atom stereocenters. The number of amides is 1. The number of esters is 1. The van der Waals surface area contributed by atoms with Crippen LogP contribution in [0.3, 0.4) is 0 Å². The van der Waals surface area contributed by atoms with E-state index in [9.17, 15) is 19.8 Å². The fraction of sp³-hybridized carbons (Fsp3) is 0.741. The summed E-state index contributed by atoms with van der Waals surface area (Å²) in [5, 5.41) is 23.8. The van der Waals surface area contributed by atoms with Gasteiger partial charge in [-0.25, -0.2) is 0 Å². The highest BCUT2D eigenvalue weighted by Crippen LogP contribution is 2.18. The van der Waals surface area contributed by atoms with Crippen molar-refractivity contribution in [1.82, 2.24) is 5.32 Å². The topological polar surface area (TPSA) is 95.9 Å². The number of hydrogen-bond acceptors (Lipinski definition) is 5. The van der Waals surface area contributed by atoms with Crippen molar-refractivity contribution >= 4 is 11.9 Å². The first kappa shape index (κ1) is 57.3. The molecule has 0 radical (unpaired) electrons. The normalized spacial score (nSPS) is 13.9. The Morgan fingerprint density at radius 2 is 0.983 bits per heavy atom. The molecule has 3 unspecified atom stereocenters. The van der Waals surface area contributed by atoms with E-state index in [0.717, 1.165) is 96.3 Å². The third-order valence-corrected chi connectivity index (χ3v) is 11.1. The number of aliphatic hydroxyl groups is 2. The minimum atomic E-state index is -0.801. The van der Waals surface area contributed by atoms with E-state index in [1.165, 1.54) is 89.9 Å². The number of nitrogens with one attached hydrogen (secondary N) is 1. The van der Waals surface area contributed by atoms with Gasteiger partial charge in [-0.15, -0.1) is 0 Å². The molecule has 6 heteroatoms. The largest absolute Gasteiger partial charge is 0.462 e. The van der Waals surface area contributed by atoms with Crippen LogP contribution in [0.25, 0.3) is 0 Å². The summed E-state index contributed by atoms with van der Waals surface area (Å²) < 4.78 is 5.89. The van der Waals surface area contributed by atoms with Crippen LogP contribution in [0.15, 0.2) is 72.9 Å². The van der Waals surface area contributed by atoms with Gasteiger partial charge in [0.1, 0.15) is 6.10 Å². The Morgan fingerprint density at radius 1 is 0.517 bits per heavy atom. The second-order valence-electron chi connectivity index (χ2n) is 16.9. The van der Waals surface area contributed by atoms with Crippen molar-refractivity contribution in [2.24, 2.45) is 0 Å². The lowest BCUT2D eigenvalue weighted by molar-refractivity contribution is -0.151. The zero-order valence-electron chi connectivity index (χ0n) is 39.3. The number of allylic oxidation sites excluding steroid dienone is 12. The lowest BCUT2D eigenvalue weighted by atomic mass is 10.0. The quantitative estimate of drug-likeness (QED) is 0.0246. The zero-order chi connectivity index (χ0) is 43.8. The summed E-state index contributed by atoms with van der Waals surface area (Å²) in [4.78, 5) is 26.1. The molecule has 0 rings (SSSR count). The van der Waals surface area contributed by atoms with Crippen LogP contribution in [0.2, 0.25) is 0 Å². The minimum absolute atomic E-state index is 0.0493. The Bertz CT molecular complexity index is 1120. The van der Waals surface area contributed by atoms with Crippen molar-refractivity contribution in [3.05, 3.63) is 72.9 Å². The fourth-order valence-corrected chi connectivity index (χ4v) is 7.36. The first-order valence-electron chi connectivity index (χ1n) is 25.2. The Kier molecular flexibility index (Phi) is 45.2. The van der Waals surface area contributed by atoms with E-state index in [1.807, 2.05) is 30.4 Å². The highest BCUT2D eigenvalue weighted by molar-refractivity contribution is 5.77. The summed E-state index contributed by atoms with van der Waals surface area (Å²) in [6.07, 6.45) is 59.6. The number of carbonyl (C=O) groups excluding carboxylic acids is 2. The predicted octanol–water partition coefficient (Wildman–Crippen LogP) is 15.0. The van der Waals surface area contributed by atoms with E-state index >= 15 is 0 Å². The highest BCUT2D eigenvalue weighted by atomic mass is 16.5. The number of ether oxygens (including phenoxy) is 1. The van der Waals surface area contributed by atoms with Gasteiger partial charge in [0.15, 0.2) is 0 Å². The summed E-state index contributed by atoms with van der Waals surface area (Å²) in [7, 11) is 0. The number of hydrogen-bond donors (Lipinski definition) is 3. The van der Waals surface area contributed by atoms with E-state index in [4.69, 9.17) is 4.74 Å². The van der Waals surface area contributed by atoms with Gasteiger partial charge in [0.2, 0.25) is 5.91 Å². The van der Waals surface area contributed by atoms with Gasteiger partial charge in [0.05, 0.1) is 25.2 Å². The van der Waals surface area contributed by atoms with Crippen molar-refractivity contribution < 1.29 is 24.5 Å². The fourth-order valence-electron chi connectivity index (χ4n) is 7.36. The molecule has 0 heterocycles. The van der Waals surface area contributed by atoms with Crippen molar-refractivity contribution in [1.29, 1.82) is 0 Å². The van der Waals surface area contributed by atoms with E-state index in [2.05, 4.69) is 68.6 Å². The van der Waals surface area contributed by atoms with Gasteiger partial charge >= 0.3 is 5.97 Å². The lowest BCUT2D eigenvalue weighted by Gasteiger charge is -2.24. The monoisotopic (exact) mass is 838 g/mol. The van der Waals surface area contributed by atoms with Crippen LogP contribution in [-0.4, -0.2) is 46.9 Å². The summed E-state index contributed by atoms with van der Waals surface area (Å²) >= 11 is 0. The molecule has 0 aromatic carbocycles. The van der Waals surface area contributed by atoms with Crippen molar-refractivity contribution in [3.8, 4) is 0 Å². The molecule has 0 bridgehead atoms. The highest BCUT2D eigenvalue weighted by Gasteiger charge is 2.24. The van der Waals surface area contributed by atoms with Crippen LogP contribution < -0.4 is 5.32 Å². The first-order chi connectivity index (χ1) is 29.5. The van der Waals surface area contributed by atoms with E-state index in [-0.39, 0.29) is 24.9 Å². The molecule has 0 saturated heterocycles. The van der Waals surface area contributed by atoms with Crippen LogP contribution in [0.1, 0.15) is 233 Å². The molecular weight excluding hydrogens is 743 g/mol. The second-order valence-corrected chi connectivity index (χ2v) is 16.9. The van der Waals surface area contributed by atoms with Crippen LogP contribution in [0, 0.1) is 0 Å². The summed E-state index contributed by atoms with van der Waals surface area (Å²) in [6.45, 7) is 6.22. The molecule has 1 amide bonds. The Hall–Kier alpha value is -2.70. The van der Waals surface area contributed by atoms with Crippen molar-refractivity contribution in [3.63, 3.8) is 0 Å². The van der Waals surface area contributed by atoms with Gasteiger partial charge in [-0.3, -0.25) is 9.59 Å².